The molecule has 0 aliphatic rings. The first-order valence-corrected chi connectivity index (χ1v) is 5.49. The van der Waals surface area contributed by atoms with Crippen LogP contribution in [0.25, 0.3) is 0 Å². The van der Waals surface area contributed by atoms with Crippen molar-refractivity contribution in [3.05, 3.63) is 28.8 Å². The molecule has 0 saturated heterocycles. The molecule has 19 heavy (non-hydrogen) atoms. The number of carbonyl (C=O) groups excluding carboxylic acids is 3. The molecule has 0 aliphatic carbocycles. The average molecular weight is 265 g/mol. The van der Waals surface area contributed by atoms with E-state index in [4.69, 9.17) is 0 Å². The van der Waals surface area contributed by atoms with Gasteiger partial charge in [0.15, 0.2) is 5.78 Å². The van der Waals surface area contributed by atoms with Gasteiger partial charge in [0, 0.05) is 18.3 Å². The molecule has 1 aromatic carbocycles. The van der Waals surface area contributed by atoms with Crippen molar-refractivity contribution in [2.24, 2.45) is 0 Å². The zero-order valence-corrected chi connectivity index (χ0v) is 11.2. The summed E-state index contributed by atoms with van der Waals surface area (Å²) in [7, 11) is 4.05. The number of benzene rings is 1. The summed E-state index contributed by atoms with van der Waals surface area (Å²) < 4.78 is 9.25. The summed E-state index contributed by atoms with van der Waals surface area (Å²) >= 11 is 0. The molecule has 102 valence electrons. The highest BCUT2D eigenvalue weighted by Crippen LogP contribution is 2.23. The Kier molecular flexibility index (Phi) is 4.63. The molecule has 0 heterocycles. The van der Waals surface area contributed by atoms with Gasteiger partial charge in [0.05, 0.1) is 25.3 Å². The molecular formula is C13H15NO5. The van der Waals surface area contributed by atoms with Crippen molar-refractivity contribution < 1.29 is 23.9 Å². The molecule has 0 aromatic heterocycles. The highest BCUT2D eigenvalue weighted by Gasteiger charge is 2.21. The topological polar surface area (TPSA) is 81.7 Å². The van der Waals surface area contributed by atoms with Gasteiger partial charge in [0.25, 0.3) is 0 Å². The number of rotatable bonds is 4. The van der Waals surface area contributed by atoms with Crippen LogP contribution in [0.3, 0.4) is 0 Å². The molecule has 6 nitrogen and oxygen atoms in total. The van der Waals surface area contributed by atoms with Crippen LogP contribution >= 0.6 is 0 Å². The number of Topliss-reactive ketones (excluding diaryl/α,β-unsaturated/α-hetero) is 1. The minimum Gasteiger partial charge on any atom is -0.465 e. The maximum absolute atomic E-state index is 11.6. The average Bonchev–Trinajstić information content (AvgIpc) is 2.43. The Morgan fingerprint density at radius 3 is 1.89 bits per heavy atom. The van der Waals surface area contributed by atoms with Crippen molar-refractivity contribution in [3.63, 3.8) is 0 Å². The maximum atomic E-state index is 11.6. The third-order valence-corrected chi connectivity index (χ3v) is 2.62. The first-order valence-electron chi connectivity index (χ1n) is 5.49. The normalized spacial score (nSPS) is 9.68. The molecule has 0 saturated carbocycles. The zero-order chi connectivity index (χ0) is 14.6. The lowest BCUT2D eigenvalue weighted by atomic mass is 9.99. The first-order chi connectivity index (χ1) is 8.96. The van der Waals surface area contributed by atoms with Crippen molar-refractivity contribution in [1.82, 2.24) is 0 Å². The highest BCUT2D eigenvalue weighted by atomic mass is 16.5. The summed E-state index contributed by atoms with van der Waals surface area (Å²) in [6.45, 7) is 1.31. The van der Waals surface area contributed by atoms with E-state index in [1.165, 1.54) is 33.3 Å². The predicted octanol–water partition coefficient (Wildman–Crippen LogP) is 1.50. The highest BCUT2D eigenvalue weighted by molar-refractivity contribution is 6.09. The zero-order valence-electron chi connectivity index (χ0n) is 11.2. The van der Waals surface area contributed by atoms with Gasteiger partial charge in [0.1, 0.15) is 0 Å². The van der Waals surface area contributed by atoms with Gasteiger partial charge in [-0.3, -0.25) is 4.79 Å². The van der Waals surface area contributed by atoms with Crippen molar-refractivity contribution in [1.29, 1.82) is 0 Å². The van der Waals surface area contributed by atoms with Crippen molar-refractivity contribution >= 4 is 23.4 Å². The second-order valence-electron chi connectivity index (χ2n) is 3.73. The van der Waals surface area contributed by atoms with E-state index in [0.29, 0.717) is 5.69 Å². The van der Waals surface area contributed by atoms with E-state index in [2.05, 4.69) is 14.8 Å². The molecule has 0 spiro atoms. The van der Waals surface area contributed by atoms with Crippen LogP contribution in [0.15, 0.2) is 12.1 Å². The second kappa shape index (κ2) is 5.99. The lowest BCUT2D eigenvalue weighted by molar-refractivity contribution is 0.0585. The molecule has 1 aromatic rings. The summed E-state index contributed by atoms with van der Waals surface area (Å²) in [4.78, 5) is 34.8. The lowest BCUT2D eigenvalue weighted by Crippen LogP contribution is -2.14. The Hall–Kier alpha value is -2.37. The van der Waals surface area contributed by atoms with Gasteiger partial charge >= 0.3 is 11.9 Å². The van der Waals surface area contributed by atoms with Crippen LogP contribution in [0.1, 0.15) is 38.0 Å². The van der Waals surface area contributed by atoms with E-state index >= 15 is 0 Å². The molecule has 0 atom stereocenters. The Balaban J connectivity index is 3.55. The largest absolute Gasteiger partial charge is 0.465 e. The van der Waals surface area contributed by atoms with E-state index in [1.807, 2.05) is 0 Å². The maximum Gasteiger partial charge on any atom is 0.339 e. The van der Waals surface area contributed by atoms with Crippen molar-refractivity contribution in [2.45, 2.75) is 6.92 Å². The summed E-state index contributed by atoms with van der Waals surface area (Å²) in [6, 6.07) is 2.72. The Morgan fingerprint density at radius 2 is 1.47 bits per heavy atom. The number of hydrogen-bond acceptors (Lipinski definition) is 6. The molecule has 0 unspecified atom stereocenters. The second-order valence-corrected chi connectivity index (χ2v) is 3.73. The van der Waals surface area contributed by atoms with Crippen LogP contribution < -0.4 is 5.32 Å². The van der Waals surface area contributed by atoms with Crippen LogP contribution in [0.5, 0.6) is 0 Å². The van der Waals surface area contributed by atoms with E-state index < -0.39 is 11.9 Å². The molecule has 0 radical (unpaired) electrons. The molecule has 1 rings (SSSR count). The molecule has 0 aliphatic heterocycles. The number of anilines is 1. The number of hydrogen-bond donors (Lipinski definition) is 1. The summed E-state index contributed by atoms with van der Waals surface area (Å²) in [5.74, 6) is -1.57. The fraction of sp³-hybridized carbons (Fsp3) is 0.308. The molecular weight excluding hydrogens is 250 g/mol. The standard InChI is InChI=1S/C13H15NO5/c1-7(15)8-5-10(13(17)19-4)11(14-2)6-9(8)12(16)18-3/h5-6,14H,1-4H3. The van der Waals surface area contributed by atoms with Gasteiger partial charge in [-0.05, 0) is 19.1 Å². The van der Waals surface area contributed by atoms with Gasteiger partial charge < -0.3 is 14.8 Å². The fourth-order valence-corrected chi connectivity index (χ4v) is 1.66. The van der Waals surface area contributed by atoms with Crippen LogP contribution in [-0.2, 0) is 9.47 Å². The fourth-order valence-electron chi connectivity index (χ4n) is 1.66. The minimum atomic E-state index is -0.641. The van der Waals surface area contributed by atoms with Gasteiger partial charge in [-0.1, -0.05) is 0 Å². The SMILES string of the molecule is CNc1cc(C(=O)OC)c(C(C)=O)cc1C(=O)OC. The summed E-state index contributed by atoms with van der Waals surface area (Å²) in [5, 5.41) is 2.78. The summed E-state index contributed by atoms with van der Waals surface area (Å²) in [6.07, 6.45) is 0. The first kappa shape index (κ1) is 14.7. The molecule has 0 amide bonds. The van der Waals surface area contributed by atoms with Crippen molar-refractivity contribution in [3.8, 4) is 0 Å². The van der Waals surface area contributed by atoms with Crippen LogP contribution in [0, 0.1) is 0 Å². The quantitative estimate of drug-likeness (QED) is 0.656. The Labute approximate surface area is 110 Å². The van der Waals surface area contributed by atoms with Crippen LogP contribution in [0.4, 0.5) is 5.69 Å². The van der Waals surface area contributed by atoms with Gasteiger partial charge in [-0.15, -0.1) is 0 Å². The van der Waals surface area contributed by atoms with E-state index in [0.717, 1.165) is 0 Å². The number of esters is 2. The van der Waals surface area contributed by atoms with Gasteiger partial charge in [-0.2, -0.15) is 0 Å². The van der Waals surface area contributed by atoms with Crippen molar-refractivity contribution in [2.75, 3.05) is 26.6 Å². The van der Waals surface area contributed by atoms with Gasteiger partial charge in [0.2, 0.25) is 0 Å². The molecule has 6 heteroatoms. The van der Waals surface area contributed by atoms with Crippen LogP contribution in [-0.4, -0.2) is 39.0 Å². The monoisotopic (exact) mass is 265 g/mol. The Bertz CT molecular complexity index is 536. The van der Waals surface area contributed by atoms with Crippen LogP contribution in [0.2, 0.25) is 0 Å². The molecule has 0 bridgehead atoms. The third kappa shape index (κ3) is 2.90. The third-order valence-electron chi connectivity index (χ3n) is 2.62. The lowest BCUT2D eigenvalue weighted by Gasteiger charge is -2.12. The number of ether oxygens (including phenoxy) is 2. The van der Waals surface area contributed by atoms with E-state index in [9.17, 15) is 14.4 Å². The molecule has 1 N–H and O–H groups in total. The molecule has 0 fully saturated rings. The van der Waals surface area contributed by atoms with E-state index in [-0.39, 0.29) is 22.5 Å². The smallest absolute Gasteiger partial charge is 0.339 e. The van der Waals surface area contributed by atoms with Gasteiger partial charge in [-0.25, -0.2) is 9.59 Å². The summed E-state index contributed by atoms with van der Waals surface area (Å²) in [5.41, 5.74) is 0.790. The van der Waals surface area contributed by atoms with E-state index in [1.54, 1.807) is 7.05 Å². The number of nitrogens with one attached hydrogen (secondary N) is 1. The Morgan fingerprint density at radius 1 is 0.947 bits per heavy atom. The number of ketones is 1. The minimum absolute atomic E-state index is 0.104. The number of carbonyl (C=O) groups is 3. The predicted molar refractivity (Wildman–Crippen MR) is 68.7 cm³/mol. The number of methoxy groups -OCH3 is 2.